The fourth-order valence-corrected chi connectivity index (χ4v) is 1.17. The summed E-state index contributed by atoms with van der Waals surface area (Å²) in [5.74, 6) is -1.03. The zero-order chi connectivity index (χ0) is 13.1. The van der Waals surface area contributed by atoms with E-state index in [0.717, 1.165) is 0 Å². The topological polar surface area (TPSA) is 51.2 Å². The van der Waals surface area contributed by atoms with Crippen molar-refractivity contribution in [2.45, 2.75) is 39.3 Å². The van der Waals surface area contributed by atoms with E-state index in [2.05, 4.69) is 10.3 Å². The van der Waals surface area contributed by atoms with E-state index in [1.165, 1.54) is 12.3 Å². The van der Waals surface area contributed by atoms with Crippen LogP contribution in [0.4, 0.5) is 4.39 Å². The van der Waals surface area contributed by atoms with Crippen molar-refractivity contribution in [2.75, 3.05) is 0 Å². The Hall–Kier alpha value is -1.65. The molecule has 1 atom stereocenters. The molecule has 0 spiro atoms. The number of carbonyl (C=O) groups is 1. The molecule has 0 fully saturated rings. The summed E-state index contributed by atoms with van der Waals surface area (Å²) in [4.78, 5) is 15.1. The maximum atomic E-state index is 13.2. The summed E-state index contributed by atoms with van der Waals surface area (Å²) in [6.07, 6.45) is 0.551. The highest BCUT2D eigenvalue weighted by atomic mass is 19.1. The molecule has 1 aromatic rings. The van der Waals surface area contributed by atoms with E-state index >= 15 is 0 Å². The van der Waals surface area contributed by atoms with Crippen molar-refractivity contribution in [3.05, 3.63) is 24.3 Å². The minimum absolute atomic E-state index is 0.0240. The lowest BCUT2D eigenvalue weighted by Gasteiger charge is -2.23. The maximum absolute atomic E-state index is 13.2. The lowest BCUT2D eigenvalue weighted by molar-refractivity contribution is -0.128. The van der Waals surface area contributed by atoms with E-state index in [0.29, 0.717) is 0 Å². The smallest absolute Gasteiger partial charge is 0.261 e. The SMILES string of the molecule is CC(Oc1cccnc1F)C(=O)NC(C)(C)C. The number of amides is 1. The summed E-state index contributed by atoms with van der Waals surface area (Å²) in [6, 6.07) is 2.98. The highest BCUT2D eigenvalue weighted by Crippen LogP contribution is 2.15. The average molecular weight is 240 g/mol. The summed E-state index contributed by atoms with van der Waals surface area (Å²) in [5, 5.41) is 2.75. The minimum Gasteiger partial charge on any atom is -0.476 e. The average Bonchev–Trinajstić information content (AvgIpc) is 2.18. The number of nitrogens with one attached hydrogen (secondary N) is 1. The van der Waals surface area contributed by atoms with Gasteiger partial charge in [-0.1, -0.05) is 0 Å². The largest absolute Gasteiger partial charge is 0.476 e. The van der Waals surface area contributed by atoms with Crippen LogP contribution in [0.2, 0.25) is 0 Å². The first kappa shape index (κ1) is 13.4. The van der Waals surface area contributed by atoms with Crippen LogP contribution in [0.15, 0.2) is 18.3 Å². The monoisotopic (exact) mass is 240 g/mol. The van der Waals surface area contributed by atoms with Crippen LogP contribution in [0.1, 0.15) is 27.7 Å². The van der Waals surface area contributed by atoms with Gasteiger partial charge in [0.15, 0.2) is 11.9 Å². The molecule has 17 heavy (non-hydrogen) atoms. The number of nitrogens with zero attached hydrogens (tertiary/aromatic N) is 1. The molecule has 0 saturated carbocycles. The fraction of sp³-hybridized carbons (Fsp3) is 0.500. The van der Waals surface area contributed by atoms with Crippen molar-refractivity contribution in [1.29, 1.82) is 0 Å². The molecule has 94 valence electrons. The third kappa shape index (κ3) is 4.38. The number of carbonyl (C=O) groups excluding carboxylic acids is 1. The fourth-order valence-electron chi connectivity index (χ4n) is 1.17. The van der Waals surface area contributed by atoms with Crippen LogP contribution >= 0.6 is 0 Å². The van der Waals surface area contributed by atoms with Crippen molar-refractivity contribution in [3.63, 3.8) is 0 Å². The van der Waals surface area contributed by atoms with E-state index in [-0.39, 0.29) is 17.2 Å². The van der Waals surface area contributed by atoms with Crippen LogP contribution in [-0.2, 0) is 4.79 Å². The summed E-state index contributed by atoms with van der Waals surface area (Å²) in [5.41, 5.74) is -0.345. The Kier molecular flexibility index (Phi) is 4.04. The van der Waals surface area contributed by atoms with Gasteiger partial charge in [-0.05, 0) is 39.8 Å². The van der Waals surface area contributed by atoms with Crippen molar-refractivity contribution in [2.24, 2.45) is 0 Å². The number of aromatic nitrogens is 1. The molecule has 1 amide bonds. The molecule has 5 heteroatoms. The lowest BCUT2D eigenvalue weighted by Crippen LogP contribution is -2.46. The Balaban J connectivity index is 2.64. The summed E-state index contributed by atoms with van der Waals surface area (Å²) in [7, 11) is 0. The van der Waals surface area contributed by atoms with Crippen LogP contribution in [0.25, 0.3) is 0 Å². The third-order valence-electron chi connectivity index (χ3n) is 1.90. The molecular formula is C12H17FN2O2. The summed E-state index contributed by atoms with van der Waals surface area (Å²) < 4.78 is 18.4. The van der Waals surface area contributed by atoms with Crippen molar-refractivity contribution in [1.82, 2.24) is 10.3 Å². The molecule has 0 aliphatic heterocycles. The Morgan fingerprint density at radius 1 is 1.53 bits per heavy atom. The minimum atomic E-state index is -0.770. The van der Waals surface area contributed by atoms with E-state index in [9.17, 15) is 9.18 Å². The number of hydrogen-bond donors (Lipinski definition) is 1. The van der Waals surface area contributed by atoms with Crippen LogP contribution in [0.3, 0.4) is 0 Å². The number of ether oxygens (including phenoxy) is 1. The second kappa shape index (κ2) is 5.12. The van der Waals surface area contributed by atoms with Gasteiger partial charge in [-0.3, -0.25) is 4.79 Å². The molecule has 0 radical (unpaired) electrons. The predicted octanol–water partition coefficient (Wildman–Crippen LogP) is 1.90. The first-order valence-electron chi connectivity index (χ1n) is 5.39. The van der Waals surface area contributed by atoms with Crippen LogP contribution in [0.5, 0.6) is 5.75 Å². The van der Waals surface area contributed by atoms with Gasteiger partial charge >= 0.3 is 0 Å². The van der Waals surface area contributed by atoms with Gasteiger partial charge in [0, 0.05) is 11.7 Å². The quantitative estimate of drug-likeness (QED) is 0.821. The van der Waals surface area contributed by atoms with Crippen molar-refractivity contribution < 1.29 is 13.9 Å². The normalized spacial score (nSPS) is 13.0. The Labute approximate surface area is 100 Å². The highest BCUT2D eigenvalue weighted by molar-refractivity contribution is 5.81. The van der Waals surface area contributed by atoms with E-state index < -0.39 is 12.1 Å². The number of halogens is 1. The first-order valence-corrected chi connectivity index (χ1v) is 5.39. The van der Waals surface area contributed by atoms with Gasteiger partial charge in [0.25, 0.3) is 11.9 Å². The van der Waals surface area contributed by atoms with Crippen LogP contribution in [-0.4, -0.2) is 22.5 Å². The summed E-state index contributed by atoms with van der Waals surface area (Å²) in [6.45, 7) is 7.15. The Morgan fingerprint density at radius 2 is 2.18 bits per heavy atom. The van der Waals surface area contributed by atoms with Gasteiger partial charge in [-0.25, -0.2) is 4.98 Å². The Morgan fingerprint density at radius 3 is 2.71 bits per heavy atom. The first-order chi connectivity index (χ1) is 7.79. The van der Waals surface area contributed by atoms with E-state index in [1.807, 2.05) is 20.8 Å². The molecule has 4 nitrogen and oxygen atoms in total. The van der Waals surface area contributed by atoms with Crippen molar-refractivity contribution >= 4 is 5.91 Å². The molecule has 0 aromatic carbocycles. The molecule has 0 saturated heterocycles. The van der Waals surface area contributed by atoms with Crippen molar-refractivity contribution in [3.8, 4) is 5.75 Å². The summed E-state index contributed by atoms with van der Waals surface area (Å²) >= 11 is 0. The molecular weight excluding hydrogens is 223 g/mol. The zero-order valence-electron chi connectivity index (χ0n) is 10.5. The number of rotatable bonds is 3. The van der Waals surface area contributed by atoms with E-state index in [1.54, 1.807) is 13.0 Å². The second-order valence-corrected chi connectivity index (χ2v) is 4.79. The number of hydrogen-bond acceptors (Lipinski definition) is 3. The Bertz CT molecular complexity index is 402. The molecule has 0 aliphatic rings. The van der Waals surface area contributed by atoms with Gasteiger partial charge < -0.3 is 10.1 Å². The molecule has 1 unspecified atom stereocenters. The highest BCUT2D eigenvalue weighted by Gasteiger charge is 2.21. The van der Waals surface area contributed by atoms with E-state index in [4.69, 9.17) is 4.74 Å². The third-order valence-corrected chi connectivity index (χ3v) is 1.90. The standard InChI is InChI=1S/C12H17FN2O2/c1-8(11(16)15-12(2,3)4)17-9-6-5-7-14-10(9)13/h5-8H,1-4H3,(H,15,16). The lowest BCUT2D eigenvalue weighted by atomic mass is 10.1. The van der Waals surface area contributed by atoms with Gasteiger partial charge in [-0.2, -0.15) is 4.39 Å². The zero-order valence-corrected chi connectivity index (χ0v) is 10.5. The molecule has 1 N–H and O–H groups in total. The molecule has 1 aromatic heterocycles. The molecule has 0 aliphatic carbocycles. The predicted molar refractivity (Wildman–Crippen MR) is 62.2 cm³/mol. The number of pyridine rings is 1. The van der Waals surface area contributed by atoms with Crippen LogP contribution < -0.4 is 10.1 Å². The van der Waals surface area contributed by atoms with Gasteiger partial charge in [0.05, 0.1) is 0 Å². The maximum Gasteiger partial charge on any atom is 0.261 e. The molecule has 0 bridgehead atoms. The molecule has 1 rings (SSSR count). The second-order valence-electron chi connectivity index (χ2n) is 4.79. The van der Waals surface area contributed by atoms with Gasteiger partial charge in [0.1, 0.15) is 0 Å². The van der Waals surface area contributed by atoms with Gasteiger partial charge in [-0.15, -0.1) is 0 Å². The van der Waals surface area contributed by atoms with Gasteiger partial charge in [0.2, 0.25) is 0 Å². The van der Waals surface area contributed by atoms with Crippen LogP contribution in [0, 0.1) is 5.95 Å². The molecule has 1 heterocycles.